The van der Waals surface area contributed by atoms with Crippen molar-refractivity contribution in [2.75, 3.05) is 26.2 Å². The number of benzene rings is 1. The highest BCUT2D eigenvalue weighted by Gasteiger charge is 2.26. The van der Waals surface area contributed by atoms with Gasteiger partial charge in [-0.3, -0.25) is 4.90 Å². The lowest BCUT2D eigenvalue weighted by molar-refractivity contribution is 0.0615. The maximum absolute atomic E-state index is 9.61. The molecule has 1 aromatic rings. The molecule has 1 aromatic carbocycles. The van der Waals surface area contributed by atoms with Crippen molar-refractivity contribution in [1.82, 2.24) is 4.90 Å². The summed E-state index contributed by atoms with van der Waals surface area (Å²) in [5.41, 5.74) is 7.13. The van der Waals surface area contributed by atoms with Crippen molar-refractivity contribution < 1.29 is 9.84 Å². The van der Waals surface area contributed by atoms with Gasteiger partial charge in [0.1, 0.15) is 5.75 Å². The Morgan fingerprint density at radius 1 is 1.37 bits per heavy atom. The van der Waals surface area contributed by atoms with Crippen molar-refractivity contribution in [3.05, 3.63) is 29.8 Å². The molecular formula is C15H24N2O2. The van der Waals surface area contributed by atoms with Crippen LogP contribution in [0.25, 0.3) is 0 Å². The Kier molecular flexibility index (Phi) is 5.19. The third-order valence-corrected chi connectivity index (χ3v) is 3.74. The summed E-state index contributed by atoms with van der Waals surface area (Å²) in [5, 5.41) is 9.61. The van der Waals surface area contributed by atoms with Crippen LogP contribution in [0.15, 0.2) is 24.3 Å². The molecule has 0 radical (unpaired) electrons. The van der Waals surface area contributed by atoms with Crippen LogP contribution in [0.1, 0.15) is 31.4 Å². The smallest absolute Gasteiger partial charge is 0.124 e. The molecule has 0 saturated carbocycles. The topological polar surface area (TPSA) is 58.7 Å². The van der Waals surface area contributed by atoms with Crippen LogP contribution in [0.5, 0.6) is 5.75 Å². The van der Waals surface area contributed by atoms with E-state index in [0.717, 1.165) is 37.2 Å². The van der Waals surface area contributed by atoms with Crippen LogP contribution in [0.2, 0.25) is 0 Å². The number of rotatable bonds is 5. The number of para-hydroxylation sites is 1. The molecule has 0 aromatic heterocycles. The first-order valence-corrected chi connectivity index (χ1v) is 7.10. The number of likely N-dealkylation sites (tertiary alicyclic amines) is 1. The molecule has 1 saturated heterocycles. The number of aliphatic hydroxyl groups is 1. The van der Waals surface area contributed by atoms with Gasteiger partial charge in [-0.15, -0.1) is 0 Å². The SMILES string of the molecule is CCOc1ccccc1C(CN)N1CCC(O)CC1. The highest BCUT2D eigenvalue weighted by Crippen LogP contribution is 2.30. The van der Waals surface area contributed by atoms with Gasteiger partial charge in [0.25, 0.3) is 0 Å². The predicted octanol–water partition coefficient (Wildman–Crippen LogP) is 1.54. The molecule has 0 aliphatic carbocycles. The Balaban J connectivity index is 2.17. The van der Waals surface area contributed by atoms with Crippen LogP contribution in [-0.4, -0.2) is 42.4 Å². The first-order chi connectivity index (χ1) is 9.26. The molecule has 2 rings (SSSR count). The fraction of sp³-hybridized carbons (Fsp3) is 0.600. The van der Waals surface area contributed by atoms with Crippen LogP contribution >= 0.6 is 0 Å². The van der Waals surface area contributed by atoms with E-state index in [1.165, 1.54) is 0 Å². The summed E-state index contributed by atoms with van der Waals surface area (Å²) >= 11 is 0. The average Bonchev–Trinajstić information content (AvgIpc) is 2.44. The predicted molar refractivity (Wildman–Crippen MR) is 76.2 cm³/mol. The molecular weight excluding hydrogens is 240 g/mol. The number of nitrogens with zero attached hydrogens (tertiary/aromatic N) is 1. The highest BCUT2D eigenvalue weighted by molar-refractivity contribution is 5.36. The van der Waals surface area contributed by atoms with Gasteiger partial charge in [-0.1, -0.05) is 18.2 Å². The van der Waals surface area contributed by atoms with Crippen LogP contribution in [0.3, 0.4) is 0 Å². The molecule has 1 fully saturated rings. The Bertz CT molecular complexity index is 389. The Morgan fingerprint density at radius 3 is 2.68 bits per heavy atom. The van der Waals surface area contributed by atoms with Crippen molar-refractivity contribution in [2.45, 2.75) is 31.9 Å². The van der Waals surface area contributed by atoms with E-state index in [0.29, 0.717) is 13.2 Å². The number of hydrogen-bond acceptors (Lipinski definition) is 4. The van der Waals surface area contributed by atoms with Crippen molar-refractivity contribution >= 4 is 0 Å². The molecule has 19 heavy (non-hydrogen) atoms. The zero-order valence-electron chi connectivity index (χ0n) is 11.6. The molecule has 0 spiro atoms. The number of nitrogens with two attached hydrogens (primary N) is 1. The third kappa shape index (κ3) is 3.47. The molecule has 1 unspecified atom stereocenters. The maximum Gasteiger partial charge on any atom is 0.124 e. The molecule has 1 aliphatic heterocycles. The van der Waals surface area contributed by atoms with E-state index in [1.807, 2.05) is 25.1 Å². The van der Waals surface area contributed by atoms with Crippen molar-refractivity contribution in [3.63, 3.8) is 0 Å². The zero-order chi connectivity index (χ0) is 13.7. The van der Waals surface area contributed by atoms with Gasteiger partial charge in [-0.25, -0.2) is 0 Å². The monoisotopic (exact) mass is 264 g/mol. The second-order valence-electron chi connectivity index (χ2n) is 4.99. The van der Waals surface area contributed by atoms with Gasteiger partial charge >= 0.3 is 0 Å². The number of aliphatic hydroxyl groups excluding tert-OH is 1. The molecule has 0 amide bonds. The molecule has 4 nitrogen and oxygen atoms in total. The summed E-state index contributed by atoms with van der Waals surface area (Å²) < 4.78 is 5.70. The maximum atomic E-state index is 9.61. The average molecular weight is 264 g/mol. The molecule has 1 aliphatic rings. The summed E-state index contributed by atoms with van der Waals surface area (Å²) in [7, 11) is 0. The fourth-order valence-corrected chi connectivity index (χ4v) is 2.71. The summed E-state index contributed by atoms with van der Waals surface area (Å²) in [5.74, 6) is 0.923. The van der Waals surface area contributed by atoms with Gasteiger partial charge in [0.2, 0.25) is 0 Å². The standard InChI is InChI=1S/C15H24N2O2/c1-2-19-15-6-4-3-5-13(15)14(11-16)17-9-7-12(18)8-10-17/h3-6,12,14,18H,2,7-11,16H2,1H3. The van der Waals surface area contributed by atoms with E-state index < -0.39 is 0 Å². The molecule has 4 heteroatoms. The number of piperidine rings is 1. The van der Waals surface area contributed by atoms with Crippen LogP contribution in [0.4, 0.5) is 0 Å². The largest absolute Gasteiger partial charge is 0.494 e. The lowest BCUT2D eigenvalue weighted by atomic mass is 10.00. The quantitative estimate of drug-likeness (QED) is 0.847. The van der Waals surface area contributed by atoms with E-state index in [-0.39, 0.29) is 12.1 Å². The summed E-state index contributed by atoms with van der Waals surface area (Å²) in [6.07, 6.45) is 1.50. The van der Waals surface area contributed by atoms with E-state index in [2.05, 4.69) is 11.0 Å². The molecule has 0 bridgehead atoms. The minimum atomic E-state index is -0.156. The summed E-state index contributed by atoms with van der Waals surface area (Å²) in [4.78, 5) is 2.35. The third-order valence-electron chi connectivity index (χ3n) is 3.74. The van der Waals surface area contributed by atoms with Gasteiger partial charge in [0.15, 0.2) is 0 Å². The van der Waals surface area contributed by atoms with E-state index in [9.17, 15) is 5.11 Å². The van der Waals surface area contributed by atoms with E-state index >= 15 is 0 Å². The number of ether oxygens (including phenoxy) is 1. The van der Waals surface area contributed by atoms with Crippen molar-refractivity contribution in [3.8, 4) is 5.75 Å². The minimum absolute atomic E-state index is 0.156. The molecule has 1 atom stereocenters. The van der Waals surface area contributed by atoms with Crippen LogP contribution in [-0.2, 0) is 0 Å². The normalized spacial score (nSPS) is 19.3. The van der Waals surface area contributed by atoms with Gasteiger partial charge in [-0.05, 0) is 25.8 Å². The Hall–Kier alpha value is -1.10. The highest BCUT2D eigenvalue weighted by atomic mass is 16.5. The van der Waals surface area contributed by atoms with Crippen molar-refractivity contribution in [2.24, 2.45) is 5.73 Å². The lowest BCUT2D eigenvalue weighted by Gasteiger charge is -2.36. The number of hydrogen-bond donors (Lipinski definition) is 2. The van der Waals surface area contributed by atoms with Crippen molar-refractivity contribution in [1.29, 1.82) is 0 Å². The van der Waals surface area contributed by atoms with Gasteiger partial charge < -0.3 is 15.6 Å². The zero-order valence-corrected chi connectivity index (χ0v) is 11.6. The molecule has 1 heterocycles. The molecule has 3 N–H and O–H groups in total. The fourth-order valence-electron chi connectivity index (χ4n) is 2.71. The first-order valence-electron chi connectivity index (χ1n) is 7.10. The summed E-state index contributed by atoms with van der Waals surface area (Å²) in [6, 6.07) is 8.28. The van der Waals surface area contributed by atoms with Crippen LogP contribution in [0, 0.1) is 0 Å². The van der Waals surface area contributed by atoms with Gasteiger partial charge in [-0.2, -0.15) is 0 Å². The van der Waals surface area contributed by atoms with Crippen LogP contribution < -0.4 is 10.5 Å². The van der Waals surface area contributed by atoms with E-state index in [1.54, 1.807) is 0 Å². The second-order valence-corrected chi connectivity index (χ2v) is 4.99. The minimum Gasteiger partial charge on any atom is -0.494 e. The summed E-state index contributed by atoms with van der Waals surface area (Å²) in [6.45, 7) is 5.01. The first kappa shape index (κ1) is 14.3. The Morgan fingerprint density at radius 2 is 2.05 bits per heavy atom. The lowest BCUT2D eigenvalue weighted by Crippen LogP contribution is -2.41. The Labute approximate surface area is 115 Å². The van der Waals surface area contributed by atoms with Gasteiger partial charge in [0, 0.05) is 25.2 Å². The van der Waals surface area contributed by atoms with Gasteiger partial charge in [0.05, 0.1) is 18.8 Å². The van der Waals surface area contributed by atoms with E-state index in [4.69, 9.17) is 10.5 Å². The molecule has 106 valence electrons. The second kappa shape index (κ2) is 6.89.